The number of rotatable bonds is 5. The number of carbonyl (C=O) groups excluding carboxylic acids is 2. The minimum absolute atomic E-state index is 0.0472. The van der Waals surface area contributed by atoms with Gasteiger partial charge in [0.1, 0.15) is 0 Å². The predicted octanol–water partition coefficient (Wildman–Crippen LogP) is 2.77. The maximum absolute atomic E-state index is 12.1. The summed E-state index contributed by atoms with van der Waals surface area (Å²) in [6, 6.07) is 6.18. The number of thioether (sulfide) groups is 1. The van der Waals surface area contributed by atoms with E-state index in [2.05, 4.69) is 11.4 Å². The Hall–Kier alpha value is -1.49. The Morgan fingerprint density at radius 2 is 1.86 bits per heavy atom. The molecule has 0 atom stereocenters. The fourth-order valence-corrected chi connectivity index (χ4v) is 2.92. The van der Waals surface area contributed by atoms with Crippen LogP contribution in [0.1, 0.15) is 31.9 Å². The predicted molar refractivity (Wildman–Crippen MR) is 92.2 cm³/mol. The summed E-state index contributed by atoms with van der Waals surface area (Å²) in [5, 5.41) is 2.85. The minimum atomic E-state index is -0.283. The first-order valence-electron chi connectivity index (χ1n) is 7.33. The van der Waals surface area contributed by atoms with E-state index in [0.717, 1.165) is 4.90 Å². The fraction of sp³-hybridized carbons (Fsp3) is 0.529. The summed E-state index contributed by atoms with van der Waals surface area (Å²) >= 11 is 1.51. The molecule has 0 saturated carbocycles. The van der Waals surface area contributed by atoms with Gasteiger partial charge in [-0.05, 0) is 46.2 Å². The van der Waals surface area contributed by atoms with Crippen LogP contribution in [0, 0.1) is 13.8 Å². The molecule has 2 amide bonds. The van der Waals surface area contributed by atoms with Crippen LogP contribution in [0.2, 0.25) is 0 Å². The number of hydrogen-bond donors (Lipinski definition) is 1. The van der Waals surface area contributed by atoms with E-state index in [4.69, 9.17) is 0 Å². The van der Waals surface area contributed by atoms with Crippen molar-refractivity contribution >= 4 is 23.6 Å². The zero-order valence-electron chi connectivity index (χ0n) is 14.3. The Kier molecular flexibility index (Phi) is 6.48. The highest BCUT2D eigenvalue weighted by Gasteiger charge is 2.18. The third-order valence-corrected chi connectivity index (χ3v) is 4.16. The van der Waals surface area contributed by atoms with Crippen molar-refractivity contribution in [3.05, 3.63) is 29.3 Å². The monoisotopic (exact) mass is 322 g/mol. The van der Waals surface area contributed by atoms with Gasteiger partial charge in [0.2, 0.25) is 11.8 Å². The van der Waals surface area contributed by atoms with Crippen molar-refractivity contribution in [1.29, 1.82) is 0 Å². The highest BCUT2D eigenvalue weighted by Crippen LogP contribution is 2.23. The van der Waals surface area contributed by atoms with Crippen LogP contribution >= 0.6 is 11.8 Å². The Bertz CT molecular complexity index is 550. The number of hydrogen-bond acceptors (Lipinski definition) is 3. The second-order valence-corrected chi connectivity index (χ2v) is 7.62. The second kappa shape index (κ2) is 7.68. The first kappa shape index (κ1) is 18.6. The SMILES string of the molecule is Cc1ccc(SCC(=O)N(C)CC(=O)NC(C)(C)C)c(C)c1. The minimum Gasteiger partial charge on any atom is -0.350 e. The summed E-state index contributed by atoms with van der Waals surface area (Å²) in [6.07, 6.45) is 0. The molecule has 1 aromatic rings. The highest BCUT2D eigenvalue weighted by atomic mass is 32.2. The van der Waals surface area contributed by atoms with Gasteiger partial charge >= 0.3 is 0 Å². The molecule has 0 aliphatic heterocycles. The average molecular weight is 322 g/mol. The lowest BCUT2D eigenvalue weighted by atomic mass is 10.1. The summed E-state index contributed by atoms with van der Waals surface area (Å²) < 4.78 is 0. The zero-order valence-corrected chi connectivity index (χ0v) is 15.1. The molecule has 122 valence electrons. The van der Waals surface area contributed by atoms with E-state index in [1.165, 1.54) is 27.8 Å². The van der Waals surface area contributed by atoms with Gasteiger partial charge in [-0.15, -0.1) is 11.8 Å². The molecule has 1 N–H and O–H groups in total. The normalized spacial score (nSPS) is 11.2. The van der Waals surface area contributed by atoms with E-state index in [9.17, 15) is 9.59 Å². The van der Waals surface area contributed by atoms with Gasteiger partial charge in [-0.1, -0.05) is 17.7 Å². The first-order chi connectivity index (χ1) is 10.1. The summed E-state index contributed by atoms with van der Waals surface area (Å²) in [7, 11) is 1.66. The summed E-state index contributed by atoms with van der Waals surface area (Å²) in [4.78, 5) is 26.5. The molecule has 0 saturated heterocycles. The van der Waals surface area contributed by atoms with Crippen LogP contribution in [0.3, 0.4) is 0 Å². The first-order valence-corrected chi connectivity index (χ1v) is 8.32. The van der Waals surface area contributed by atoms with Gasteiger partial charge in [0.15, 0.2) is 0 Å². The van der Waals surface area contributed by atoms with Crippen molar-refractivity contribution < 1.29 is 9.59 Å². The number of nitrogens with zero attached hydrogens (tertiary/aromatic N) is 1. The molecule has 1 rings (SSSR count). The van der Waals surface area contributed by atoms with Crippen molar-refractivity contribution in [2.45, 2.75) is 45.1 Å². The van der Waals surface area contributed by atoms with Crippen molar-refractivity contribution in [3.63, 3.8) is 0 Å². The molecule has 0 spiro atoms. The van der Waals surface area contributed by atoms with E-state index in [0.29, 0.717) is 5.75 Å². The van der Waals surface area contributed by atoms with E-state index in [1.807, 2.05) is 46.8 Å². The number of carbonyl (C=O) groups is 2. The number of benzene rings is 1. The number of amides is 2. The van der Waals surface area contributed by atoms with Crippen LogP contribution in [0.15, 0.2) is 23.1 Å². The maximum atomic E-state index is 12.1. The molecule has 0 bridgehead atoms. The second-order valence-electron chi connectivity index (χ2n) is 6.61. The summed E-state index contributed by atoms with van der Waals surface area (Å²) in [5.74, 6) is 0.150. The molecule has 22 heavy (non-hydrogen) atoms. The van der Waals surface area contributed by atoms with Crippen LogP contribution < -0.4 is 5.32 Å². The van der Waals surface area contributed by atoms with Gasteiger partial charge in [-0.3, -0.25) is 9.59 Å². The van der Waals surface area contributed by atoms with Crippen molar-refractivity contribution in [3.8, 4) is 0 Å². The quantitative estimate of drug-likeness (QED) is 0.848. The van der Waals surface area contributed by atoms with Gasteiger partial charge in [0.25, 0.3) is 0 Å². The van der Waals surface area contributed by atoms with E-state index in [1.54, 1.807) is 7.05 Å². The third-order valence-electron chi connectivity index (χ3n) is 3.00. The zero-order chi connectivity index (χ0) is 16.9. The average Bonchev–Trinajstić information content (AvgIpc) is 2.34. The molecule has 0 fully saturated rings. The lowest BCUT2D eigenvalue weighted by Crippen LogP contribution is -2.46. The molecule has 0 aliphatic carbocycles. The topological polar surface area (TPSA) is 49.4 Å². The third kappa shape index (κ3) is 6.52. The molecule has 0 aliphatic rings. The lowest BCUT2D eigenvalue weighted by Gasteiger charge is -2.23. The summed E-state index contributed by atoms with van der Waals surface area (Å²) in [6.45, 7) is 9.94. The number of aryl methyl sites for hydroxylation is 2. The van der Waals surface area contributed by atoms with Crippen LogP contribution in [0.25, 0.3) is 0 Å². The summed E-state index contributed by atoms with van der Waals surface area (Å²) in [5.41, 5.74) is 2.10. The number of nitrogens with one attached hydrogen (secondary N) is 1. The Morgan fingerprint density at radius 3 is 2.41 bits per heavy atom. The molecule has 0 radical (unpaired) electrons. The Morgan fingerprint density at radius 1 is 1.23 bits per heavy atom. The molecule has 0 unspecified atom stereocenters. The lowest BCUT2D eigenvalue weighted by molar-refractivity contribution is -0.133. The molecular formula is C17H26N2O2S. The van der Waals surface area contributed by atoms with Gasteiger partial charge in [0.05, 0.1) is 12.3 Å². The maximum Gasteiger partial charge on any atom is 0.240 e. The van der Waals surface area contributed by atoms with Crippen molar-refractivity contribution in [2.75, 3.05) is 19.3 Å². The molecule has 4 nitrogen and oxygen atoms in total. The Labute approximate surface area is 137 Å². The van der Waals surface area contributed by atoms with E-state index < -0.39 is 0 Å². The van der Waals surface area contributed by atoms with Gasteiger partial charge < -0.3 is 10.2 Å². The molecule has 1 aromatic carbocycles. The van der Waals surface area contributed by atoms with Gasteiger partial charge in [-0.2, -0.15) is 0 Å². The fourth-order valence-electron chi connectivity index (χ4n) is 1.97. The van der Waals surface area contributed by atoms with E-state index in [-0.39, 0.29) is 23.9 Å². The van der Waals surface area contributed by atoms with E-state index >= 15 is 0 Å². The van der Waals surface area contributed by atoms with Gasteiger partial charge in [0, 0.05) is 17.5 Å². The van der Waals surface area contributed by atoms with Crippen molar-refractivity contribution in [1.82, 2.24) is 10.2 Å². The smallest absolute Gasteiger partial charge is 0.240 e. The highest BCUT2D eigenvalue weighted by molar-refractivity contribution is 8.00. The molecule has 5 heteroatoms. The molecule has 0 heterocycles. The standard InChI is InChI=1S/C17H26N2O2S/c1-12-7-8-14(13(2)9-12)22-11-16(21)19(6)10-15(20)18-17(3,4)5/h7-9H,10-11H2,1-6H3,(H,18,20). The molecular weight excluding hydrogens is 296 g/mol. The van der Waals surface area contributed by atoms with Crippen molar-refractivity contribution in [2.24, 2.45) is 0 Å². The van der Waals surface area contributed by atoms with Crippen LogP contribution in [-0.2, 0) is 9.59 Å². The largest absolute Gasteiger partial charge is 0.350 e. The van der Waals surface area contributed by atoms with Crippen LogP contribution in [0.4, 0.5) is 0 Å². The van der Waals surface area contributed by atoms with Gasteiger partial charge in [-0.25, -0.2) is 0 Å². The number of likely N-dealkylation sites (N-methyl/N-ethyl adjacent to an activating group) is 1. The molecule has 0 aromatic heterocycles. The Balaban J connectivity index is 2.49. The van der Waals surface area contributed by atoms with Crippen LogP contribution in [0.5, 0.6) is 0 Å². The van der Waals surface area contributed by atoms with Crippen LogP contribution in [-0.4, -0.2) is 41.6 Å².